The first kappa shape index (κ1) is 46.4. The number of ether oxygens (including phenoxy) is 3. The molecule has 4 aliphatic heterocycles. The number of benzene rings is 3. The van der Waals surface area contributed by atoms with E-state index in [2.05, 4.69) is 50.1 Å². The number of imide groups is 1. The maximum absolute atomic E-state index is 14.5. The minimum Gasteiger partial charge on any atom is -0.382 e. The van der Waals surface area contributed by atoms with Crippen LogP contribution in [-0.2, 0) is 50.1 Å². The van der Waals surface area contributed by atoms with Crippen LogP contribution in [0.5, 0.6) is 0 Å². The van der Waals surface area contributed by atoms with Gasteiger partial charge in [0.05, 0.1) is 45.7 Å². The van der Waals surface area contributed by atoms with Gasteiger partial charge in [0.2, 0.25) is 29.5 Å². The number of hydrogen-bond donors (Lipinski definition) is 6. The van der Waals surface area contributed by atoms with Crippen molar-refractivity contribution in [3.8, 4) is 0 Å². The molecule has 4 atom stereocenters. The highest BCUT2D eigenvalue weighted by Gasteiger charge is 2.72. The van der Waals surface area contributed by atoms with Gasteiger partial charge in [0.1, 0.15) is 11.5 Å². The summed E-state index contributed by atoms with van der Waals surface area (Å²) in [6.45, 7) is 3.59. The zero-order valence-corrected chi connectivity index (χ0v) is 38.1. The molecule has 4 heterocycles. The summed E-state index contributed by atoms with van der Waals surface area (Å²) in [6.07, 6.45) is 8.01. The first-order valence-corrected chi connectivity index (χ1v) is 24.3. The fourth-order valence-electron chi connectivity index (χ4n) is 11.9. The van der Waals surface area contributed by atoms with Gasteiger partial charge in [-0.1, -0.05) is 73.9 Å². The van der Waals surface area contributed by atoms with Crippen molar-refractivity contribution in [2.75, 3.05) is 63.4 Å². The number of nitrogens with one attached hydrogen (secondary N) is 6. The average molecular weight is 918 g/mol. The van der Waals surface area contributed by atoms with Crippen molar-refractivity contribution in [1.82, 2.24) is 26.2 Å². The fourth-order valence-corrected chi connectivity index (χ4v) is 11.9. The summed E-state index contributed by atoms with van der Waals surface area (Å²) in [5.41, 5.74) is 3.50. The summed E-state index contributed by atoms with van der Waals surface area (Å²) in [5.74, 6) is -1.59. The molecule has 356 valence electrons. The first-order valence-electron chi connectivity index (χ1n) is 24.3. The van der Waals surface area contributed by atoms with Crippen LogP contribution in [0.15, 0.2) is 72.8 Å². The van der Waals surface area contributed by atoms with E-state index >= 15 is 0 Å². The van der Waals surface area contributed by atoms with E-state index in [1.54, 1.807) is 12.1 Å². The Morgan fingerprint density at radius 3 is 2.16 bits per heavy atom. The molecular formula is C51H63N7O9. The van der Waals surface area contributed by atoms with Crippen LogP contribution >= 0.6 is 0 Å². The van der Waals surface area contributed by atoms with E-state index in [0.717, 1.165) is 60.2 Å². The molecule has 3 aromatic carbocycles. The number of rotatable bonds is 18. The number of carbonyl (C=O) groups is 6. The number of fused-ring (bicyclic) bond motifs is 4. The summed E-state index contributed by atoms with van der Waals surface area (Å²) < 4.78 is 17.0. The molecular weight excluding hydrogens is 855 g/mol. The van der Waals surface area contributed by atoms with E-state index in [-0.39, 0.29) is 47.9 Å². The molecule has 2 aliphatic carbocycles. The van der Waals surface area contributed by atoms with Crippen molar-refractivity contribution < 1.29 is 43.0 Å². The van der Waals surface area contributed by atoms with Crippen LogP contribution in [0.3, 0.4) is 0 Å². The molecule has 16 heteroatoms. The number of anilines is 2. The Hall–Kier alpha value is -5.68. The standard InChI is InChI=1S/C51H63N7O9/c59-42-21-20-41(46(61)56-42)58-32-37-36(48(58)63)12-9-15-39(37)52-24-26-65-28-30-67-31-29-66-27-25-53-45(60)34-16-18-35(19-17-34)54-47(62)44-43(33-10-3-1-4-11-33)51(50(57-44)22-7-2-8-23-50)38-13-5-6-14-40(38)55-49(51)64/h1,3-6,9-15,34-35,41,43-44,52,57H,2,7-8,16-32H2,(H,53,60)(H,54,62)(H,55,64)(H,56,59,61)/t34?,35?,41?,43-,44+,51+/m0/s1. The predicted molar refractivity (Wildman–Crippen MR) is 249 cm³/mol. The predicted octanol–water partition coefficient (Wildman–Crippen LogP) is 4.05. The van der Waals surface area contributed by atoms with Crippen LogP contribution in [0.2, 0.25) is 0 Å². The molecule has 3 aromatic rings. The van der Waals surface area contributed by atoms with Gasteiger partial charge < -0.3 is 40.4 Å². The number of hydrogen-bond acceptors (Lipinski definition) is 11. The minimum atomic E-state index is -0.930. The third-order valence-corrected chi connectivity index (χ3v) is 15.0. The van der Waals surface area contributed by atoms with Crippen LogP contribution in [-0.4, -0.2) is 117 Å². The van der Waals surface area contributed by atoms with Gasteiger partial charge >= 0.3 is 0 Å². The van der Waals surface area contributed by atoms with Gasteiger partial charge in [0.15, 0.2) is 0 Å². The van der Waals surface area contributed by atoms with Gasteiger partial charge in [-0.15, -0.1) is 0 Å². The van der Waals surface area contributed by atoms with Gasteiger partial charge in [-0.25, -0.2) is 0 Å². The molecule has 67 heavy (non-hydrogen) atoms. The van der Waals surface area contributed by atoms with Crippen molar-refractivity contribution >= 4 is 46.8 Å². The molecule has 1 unspecified atom stereocenters. The maximum Gasteiger partial charge on any atom is 0.255 e. The van der Waals surface area contributed by atoms with E-state index in [1.165, 1.54) is 4.90 Å². The molecule has 2 saturated heterocycles. The van der Waals surface area contributed by atoms with Crippen molar-refractivity contribution in [3.63, 3.8) is 0 Å². The summed E-state index contributed by atoms with van der Waals surface area (Å²) in [4.78, 5) is 80.8. The van der Waals surface area contributed by atoms with Crippen LogP contribution in [0.4, 0.5) is 11.4 Å². The number of para-hydroxylation sites is 1. The second-order valence-corrected chi connectivity index (χ2v) is 18.8. The molecule has 0 radical (unpaired) electrons. The van der Waals surface area contributed by atoms with E-state index in [1.807, 2.05) is 42.5 Å². The highest BCUT2D eigenvalue weighted by molar-refractivity contribution is 6.10. The second-order valence-electron chi connectivity index (χ2n) is 18.8. The smallest absolute Gasteiger partial charge is 0.255 e. The zero-order chi connectivity index (χ0) is 46.4. The maximum atomic E-state index is 14.5. The van der Waals surface area contributed by atoms with E-state index in [9.17, 15) is 28.8 Å². The van der Waals surface area contributed by atoms with Gasteiger partial charge in [-0.3, -0.25) is 39.4 Å². The quantitative estimate of drug-likeness (QED) is 0.0794. The Balaban J connectivity index is 0.653. The molecule has 16 nitrogen and oxygen atoms in total. The third kappa shape index (κ3) is 9.33. The highest BCUT2D eigenvalue weighted by Crippen LogP contribution is 2.62. The minimum absolute atomic E-state index is 0.00398. The summed E-state index contributed by atoms with van der Waals surface area (Å²) in [7, 11) is 0. The molecule has 2 spiro atoms. The van der Waals surface area contributed by atoms with Crippen LogP contribution in [0, 0.1) is 5.92 Å². The van der Waals surface area contributed by atoms with Gasteiger partial charge in [-0.2, -0.15) is 0 Å². The summed E-state index contributed by atoms with van der Waals surface area (Å²) in [6, 6.07) is 22.2. The SMILES string of the molecule is O=C1CCC(N2Cc3c(NCCOCCOCCOCCNC(=O)C4CCC(NC(=O)[C@@H]5NC6(CCCCC6)[C@@]6(C(=O)Nc7ccccc76)[C@H]5c5ccccc5)CC4)cccc3C2=O)C(=O)N1. The van der Waals surface area contributed by atoms with Crippen molar-refractivity contribution in [2.24, 2.45) is 5.92 Å². The second kappa shape index (κ2) is 20.7. The lowest BCUT2D eigenvalue weighted by Crippen LogP contribution is -2.60. The van der Waals surface area contributed by atoms with Gasteiger partial charge in [-0.05, 0) is 74.3 Å². The number of carbonyl (C=O) groups excluding carboxylic acids is 6. The van der Waals surface area contributed by atoms with Gasteiger partial charge in [0, 0.05) is 72.0 Å². The average Bonchev–Trinajstić information content (AvgIpc) is 3.95. The van der Waals surface area contributed by atoms with Gasteiger partial charge in [0.25, 0.3) is 5.91 Å². The molecule has 9 rings (SSSR count). The van der Waals surface area contributed by atoms with Crippen molar-refractivity contribution in [2.45, 2.75) is 112 Å². The Kier molecular flexibility index (Phi) is 14.3. The lowest BCUT2D eigenvalue weighted by molar-refractivity contribution is -0.137. The first-order chi connectivity index (χ1) is 32.7. The lowest BCUT2D eigenvalue weighted by atomic mass is 9.55. The van der Waals surface area contributed by atoms with E-state index in [4.69, 9.17) is 14.2 Å². The Morgan fingerprint density at radius 2 is 1.42 bits per heavy atom. The van der Waals surface area contributed by atoms with Crippen LogP contribution in [0.25, 0.3) is 0 Å². The van der Waals surface area contributed by atoms with Crippen molar-refractivity contribution in [1.29, 1.82) is 0 Å². The highest BCUT2D eigenvalue weighted by atomic mass is 16.5. The monoisotopic (exact) mass is 917 g/mol. The Morgan fingerprint density at radius 1 is 0.716 bits per heavy atom. The molecule has 2 saturated carbocycles. The molecule has 4 fully saturated rings. The third-order valence-electron chi connectivity index (χ3n) is 15.0. The summed E-state index contributed by atoms with van der Waals surface area (Å²) in [5, 5.41) is 19.2. The van der Waals surface area contributed by atoms with Crippen LogP contribution in [0.1, 0.15) is 104 Å². The molecule has 0 aromatic heterocycles. The van der Waals surface area contributed by atoms with E-state index in [0.29, 0.717) is 96.9 Å². The topological polar surface area (TPSA) is 206 Å². The number of amides is 6. The Labute approximate surface area is 391 Å². The summed E-state index contributed by atoms with van der Waals surface area (Å²) >= 11 is 0. The zero-order valence-electron chi connectivity index (χ0n) is 38.1. The molecule has 6 amide bonds. The molecule has 6 aliphatic rings. The fraction of sp³-hybridized carbons (Fsp3) is 0.529. The number of piperidine rings is 1. The Bertz CT molecular complexity index is 2310. The largest absolute Gasteiger partial charge is 0.382 e. The number of nitrogens with zero attached hydrogens (tertiary/aromatic N) is 1. The van der Waals surface area contributed by atoms with E-state index < -0.39 is 34.9 Å². The van der Waals surface area contributed by atoms with Crippen LogP contribution < -0.4 is 31.9 Å². The molecule has 0 bridgehead atoms. The van der Waals surface area contributed by atoms with Crippen molar-refractivity contribution in [3.05, 3.63) is 95.1 Å². The molecule has 6 N–H and O–H groups in total. The normalized spacial score (nSPS) is 26.3. The lowest BCUT2D eigenvalue weighted by Gasteiger charge is -2.47.